The molecule has 1 aromatic heterocycles. The van der Waals surface area contributed by atoms with Crippen molar-refractivity contribution >= 4 is 17.5 Å². The number of benzene rings is 1. The van der Waals surface area contributed by atoms with Gasteiger partial charge in [-0.15, -0.1) is 0 Å². The van der Waals surface area contributed by atoms with Crippen LogP contribution in [0.3, 0.4) is 0 Å². The van der Waals surface area contributed by atoms with Gasteiger partial charge in [-0.25, -0.2) is 0 Å². The van der Waals surface area contributed by atoms with E-state index < -0.39 is 29.1 Å². The molecule has 0 radical (unpaired) electrons. The van der Waals surface area contributed by atoms with E-state index in [4.69, 9.17) is 11.0 Å². The Kier molecular flexibility index (Phi) is 6.70. The minimum atomic E-state index is -4.61. The summed E-state index contributed by atoms with van der Waals surface area (Å²) in [6.45, 7) is 3.51. The maximum atomic E-state index is 13.4. The van der Waals surface area contributed by atoms with E-state index in [0.29, 0.717) is 43.7 Å². The van der Waals surface area contributed by atoms with Crippen molar-refractivity contribution in [2.75, 3.05) is 31.1 Å². The number of alkyl halides is 3. The molecule has 0 bridgehead atoms. The van der Waals surface area contributed by atoms with E-state index in [1.165, 1.54) is 18.3 Å². The number of hydrogen-bond acceptors (Lipinski definition) is 5. The standard InChI is InChI=1S/C25H26F3N5O2/c1-15-8-18(12-31-11-15)24(35)33-13-20(21(14-33)23(30)34)16-4-6-32(7-5-16)19-3-2-17(10-29)22(9-19)25(26,27)28/h2-3,8-9,11-12,16,20-21H,4-7,13-14H2,1H3,(H2,30,34)/t20-,21+/m0/s1. The normalized spacial score (nSPS) is 21.1. The minimum Gasteiger partial charge on any atom is -0.372 e. The van der Waals surface area contributed by atoms with E-state index in [1.807, 2.05) is 11.8 Å². The molecule has 0 aliphatic carbocycles. The van der Waals surface area contributed by atoms with Crippen molar-refractivity contribution in [2.45, 2.75) is 25.9 Å². The van der Waals surface area contributed by atoms with Gasteiger partial charge in [0.2, 0.25) is 5.91 Å². The van der Waals surface area contributed by atoms with E-state index in [0.717, 1.165) is 11.6 Å². The number of anilines is 1. The minimum absolute atomic E-state index is 0.108. The molecule has 0 unspecified atom stereocenters. The summed E-state index contributed by atoms with van der Waals surface area (Å²) < 4.78 is 40.1. The Bertz CT molecular complexity index is 1170. The summed E-state index contributed by atoms with van der Waals surface area (Å²) in [4.78, 5) is 32.8. The van der Waals surface area contributed by atoms with Gasteiger partial charge in [0.1, 0.15) is 0 Å². The Morgan fingerprint density at radius 1 is 1.14 bits per heavy atom. The van der Waals surface area contributed by atoms with Gasteiger partial charge in [-0.3, -0.25) is 14.6 Å². The SMILES string of the molecule is Cc1cncc(C(=O)N2C[C@@H](C(N)=O)[C@H](C3CCN(c4ccc(C#N)c(C(F)(F)F)c4)CC3)C2)c1. The van der Waals surface area contributed by atoms with Crippen molar-refractivity contribution in [2.24, 2.45) is 23.5 Å². The average molecular weight is 486 g/mol. The molecule has 2 fully saturated rings. The van der Waals surface area contributed by atoms with Crippen molar-refractivity contribution < 1.29 is 22.8 Å². The quantitative estimate of drug-likeness (QED) is 0.715. The van der Waals surface area contributed by atoms with Crippen molar-refractivity contribution in [3.63, 3.8) is 0 Å². The number of pyridine rings is 1. The Labute approximate surface area is 201 Å². The van der Waals surface area contributed by atoms with Gasteiger partial charge in [-0.2, -0.15) is 18.4 Å². The van der Waals surface area contributed by atoms with Gasteiger partial charge in [0.25, 0.3) is 5.91 Å². The number of primary amides is 1. The van der Waals surface area contributed by atoms with E-state index in [-0.39, 0.29) is 24.3 Å². The van der Waals surface area contributed by atoms with Crippen molar-refractivity contribution in [3.05, 3.63) is 58.9 Å². The Morgan fingerprint density at radius 3 is 2.46 bits per heavy atom. The van der Waals surface area contributed by atoms with Crippen LogP contribution in [0.4, 0.5) is 18.9 Å². The number of halogens is 3. The van der Waals surface area contributed by atoms with Crippen LogP contribution in [0.1, 0.15) is 39.9 Å². The average Bonchev–Trinajstić information content (AvgIpc) is 3.29. The number of nitrogens with zero attached hydrogens (tertiary/aromatic N) is 4. The molecule has 0 spiro atoms. The lowest BCUT2D eigenvalue weighted by atomic mass is 9.78. The second-order valence-electron chi connectivity index (χ2n) is 9.30. The van der Waals surface area contributed by atoms with E-state index in [2.05, 4.69) is 4.98 Å². The van der Waals surface area contributed by atoms with Crippen LogP contribution >= 0.6 is 0 Å². The van der Waals surface area contributed by atoms with Crippen molar-refractivity contribution in [1.82, 2.24) is 9.88 Å². The number of carbonyl (C=O) groups is 2. The largest absolute Gasteiger partial charge is 0.417 e. The van der Waals surface area contributed by atoms with Crippen LogP contribution in [0.25, 0.3) is 0 Å². The van der Waals surface area contributed by atoms with Gasteiger partial charge in [0.15, 0.2) is 0 Å². The number of carbonyl (C=O) groups excluding carboxylic acids is 2. The molecular formula is C25H26F3N5O2. The molecule has 35 heavy (non-hydrogen) atoms. The lowest BCUT2D eigenvalue weighted by molar-refractivity contribution is -0.137. The summed E-state index contributed by atoms with van der Waals surface area (Å²) in [6.07, 6.45) is -0.128. The van der Waals surface area contributed by atoms with E-state index in [9.17, 15) is 22.8 Å². The Hall–Kier alpha value is -3.61. The highest BCUT2D eigenvalue weighted by Crippen LogP contribution is 2.39. The number of nitrogens with two attached hydrogens (primary N) is 1. The number of aryl methyl sites for hydroxylation is 1. The lowest BCUT2D eigenvalue weighted by Crippen LogP contribution is -2.40. The van der Waals surface area contributed by atoms with Gasteiger partial charge in [-0.1, -0.05) is 0 Å². The highest BCUT2D eigenvalue weighted by Gasteiger charge is 2.43. The number of amides is 2. The van der Waals surface area contributed by atoms with Gasteiger partial charge in [0, 0.05) is 44.3 Å². The Balaban J connectivity index is 1.46. The fraction of sp³-hybridized carbons (Fsp3) is 0.440. The predicted molar refractivity (Wildman–Crippen MR) is 122 cm³/mol. The van der Waals surface area contributed by atoms with Crippen LogP contribution in [0, 0.1) is 36.0 Å². The molecule has 4 rings (SSSR count). The van der Waals surface area contributed by atoms with Crippen LogP contribution in [-0.2, 0) is 11.0 Å². The molecule has 10 heteroatoms. The molecule has 7 nitrogen and oxygen atoms in total. The molecule has 2 amide bonds. The molecule has 2 aliphatic heterocycles. The van der Waals surface area contributed by atoms with Gasteiger partial charge in [0.05, 0.1) is 28.7 Å². The molecule has 1 aromatic carbocycles. The maximum Gasteiger partial charge on any atom is 0.417 e. The zero-order chi connectivity index (χ0) is 25.3. The van der Waals surface area contributed by atoms with Crippen LogP contribution in [0.15, 0.2) is 36.7 Å². The van der Waals surface area contributed by atoms with Crippen LogP contribution in [-0.4, -0.2) is 47.9 Å². The molecule has 2 atom stereocenters. The first-order valence-corrected chi connectivity index (χ1v) is 11.4. The summed E-state index contributed by atoms with van der Waals surface area (Å²) in [7, 11) is 0. The number of aromatic nitrogens is 1. The molecular weight excluding hydrogens is 459 g/mol. The number of likely N-dealkylation sites (tertiary alicyclic amines) is 1. The number of hydrogen-bond donors (Lipinski definition) is 1. The molecule has 0 saturated carbocycles. The van der Waals surface area contributed by atoms with Gasteiger partial charge < -0.3 is 15.5 Å². The molecule has 2 aliphatic rings. The summed E-state index contributed by atoms with van der Waals surface area (Å²) >= 11 is 0. The molecule has 3 heterocycles. The third kappa shape index (κ3) is 5.09. The number of piperidine rings is 1. The molecule has 184 valence electrons. The topological polar surface area (TPSA) is 103 Å². The van der Waals surface area contributed by atoms with Crippen LogP contribution in [0.2, 0.25) is 0 Å². The summed E-state index contributed by atoms with van der Waals surface area (Å²) in [5, 5.41) is 9.02. The van der Waals surface area contributed by atoms with Crippen LogP contribution in [0.5, 0.6) is 0 Å². The predicted octanol–water partition coefficient (Wildman–Crippen LogP) is 3.37. The summed E-state index contributed by atoms with van der Waals surface area (Å²) in [5.74, 6) is -1.11. The zero-order valence-corrected chi connectivity index (χ0v) is 19.3. The molecule has 2 aromatic rings. The van der Waals surface area contributed by atoms with Crippen molar-refractivity contribution in [1.29, 1.82) is 5.26 Å². The second kappa shape index (κ2) is 9.56. The highest BCUT2D eigenvalue weighted by molar-refractivity contribution is 5.95. The first-order chi connectivity index (χ1) is 16.6. The number of rotatable bonds is 4. The molecule has 2 N–H and O–H groups in total. The monoisotopic (exact) mass is 485 g/mol. The maximum absolute atomic E-state index is 13.4. The molecule has 2 saturated heterocycles. The summed E-state index contributed by atoms with van der Waals surface area (Å²) in [5.41, 5.74) is 6.09. The van der Waals surface area contributed by atoms with E-state index >= 15 is 0 Å². The fourth-order valence-corrected chi connectivity index (χ4v) is 5.27. The Morgan fingerprint density at radius 2 is 1.86 bits per heavy atom. The second-order valence-corrected chi connectivity index (χ2v) is 9.30. The smallest absolute Gasteiger partial charge is 0.372 e. The fourth-order valence-electron chi connectivity index (χ4n) is 5.27. The highest BCUT2D eigenvalue weighted by atomic mass is 19.4. The first kappa shape index (κ1) is 24.5. The zero-order valence-electron chi connectivity index (χ0n) is 19.3. The van der Waals surface area contributed by atoms with Crippen molar-refractivity contribution in [3.8, 4) is 6.07 Å². The first-order valence-electron chi connectivity index (χ1n) is 11.4. The summed E-state index contributed by atoms with van der Waals surface area (Å²) in [6, 6.07) is 7.12. The third-order valence-electron chi connectivity index (χ3n) is 7.08. The van der Waals surface area contributed by atoms with Gasteiger partial charge in [-0.05, 0) is 61.4 Å². The van der Waals surface area contributed by atoms with E-state index in [1.54, 1.807) is 23.2 Å². The third-order valence-corrected chi connectivity index (χ3v) is 7.08. The van der Waals surface area contributed by atoms with Crippen LogP contribution < -0.4 is 10.6 Å². The van der Waals surface area contributed by atoms with Gasteiger partial charge >= 0.3 is 6.18 Å². The number of nitriles is 1. The lowest BCUT2D eigenvalue weighted by Gasteiger charge is -2.37.